The second-order valence-corrected chi connectivity index (χ2v) is 28.9. The van der Waals surface area contributed by atoms with Crippen LogP contribution >= 0.6 is 22.6 Å². The Morgan fingerprint density at radius 2 is 1.01 bits per heavy atom. The standard InChI is InChI=1S/C23H26N2O4S.C19H20N2O2S.C16H22INO2.C7H5NO2S.Na/c1-23(2,3)29-22(26)25-15-18-8-5-7-17-13-20(10-11-21(17)18)30(27,28)19-9-4-6-16(12-19)14-24;1-21-13-16-6-3-5-15-11-18(8-9-19(15)16)24(22,23)17-7-2-4-14(10-17)12-20;1-16(2,3)20-15(19)18-10-12-6-4-5-11-9-13(17)7-8-14(11)12;1-8-6-3-2-4-7(5-6)11(9)10;/h4,6,9-13,18H,5,7-8,15H2,1-3H3,(H,25,26);2,4,7-11,16,21H,3,5-6,13H2,1H3;7-9,12H,4-6,10H2,1-3H3,(H,18,19);2-5H,(H,9,10);/q;;;;+1/p-1/t18-;16-;12-;;/m000../s1. The van der Waals surface area contributed by atoms with Gasteiger partial charge < -0.3 is 30.0 Å². The number of carbonyl (C=O) groups excluding carboxylic acids is 2. The van der Waals surface area contributed by atoms with E-state index in [-0.39, 0.29) is 61.2 Å². The van der Waals surface area contributed by atoms with Crippen LogP contribution in [0.2, 0.25) is 0 Å². The topological polar surface area (TPSA) is 249 Å². The average Bonchev–Trinajstić information content (AvgIpc) is 1.18. The van der Waals surface area contributed by atoms with Gasteiger partial charge in [0.05, 0.1) is 49.4 Å². The molecule has 0 aliphatic heterocycles. The Bertz CT molecular complexity index is 3760. The first-order valence-corrected chi connectivity index (χ1v) is 33.1. The fourth-order valence-electron chi connectivity index (χ4n) is 10.3. The first-order chi connectivity index (χ1) is 40.2. The minimum Gasteiger partial charge on any atom is -0.768 e. The van der Waals surface area contributed by atoms with Crippen LogP contribution in [0.25, 0.3) is 4.85 Å². The number of aryl methyl sites for hydroxylation is 3. The summed E-state index contributed by atoms with van der Waals surface area (Å²) in [6.07, 6.45) is 8.43. The van der Waals surface area contributed by atoms with Crippen molar-refractivity contribution in [3.05, 3.63) is 187 Å². The van der Waals surface area contributed by atoms with Gasteiger partial charge in [0.2, 0.25) is 19.7 Å². The quantitative estimate of drug-likeness (QED) is 0.0473. The first-order valence-electron chi connectivity index (χ1n) is 27.9. The SMILES string of the molecule is CC(C)(C)OC(=O)NC[C@@H]1CCCc2cc(I)ccc21.CC(C)(C)OC(=O)NC[C@@H]1CCCc2cc(S(=O)(=O)c3cccc(C#N)c3)ccc21.CNC[C@@H]1CCCc2cc(S(=O)(=O)c3cccc(C#N)c3)ccc21.[C-]#[N+]c1cccc(S(=O)[O-])c1.[Na+]. The van der Waals surface area contributed by atoms with E-state index in [0.717, 1.165) is 74.6 Å². The van der Waals surface area contributed by atoms with Gasteiger partial charge in [-0.3, -0.25) is 4.21 Å². The molecule has 86 heavy (non-hydrogen) atoms. The second-order valence-electron chi connectivity index (χ2n) is 22.8. The number of hydrogen-bond acceptors (Lipinski definition) is 13. The third kappa shape index (κ3) is 20.6. The molecule has 0 saturated heterocycles. The molecular formula is C65H72IN6NaO10S3. The third-order valence-electron chi connectivity index (χ3n) is 14.2. The second kappa shape index (κ2) is 32.3. The van der Waals surface area contributed by atoms with E-state index in [0.29, 0.717) is 46.6 Å². The summed E-state index contributed by atoms with van der Waals surface area (Å²) in [7, 11) is -5.37. The molecule has 3 aliphatic carbocycles. The molecule has 0 heterocycles. The maximum Gasteiger partial charge on any atom is 1.00 e. The van der Waals surface area contributed by atoms with Crippen LogP contribution in [0.3, 0.4) is 0 Å². The van der Waals surface area contributed by atoms with Gasteiger partial charge in [-0.15, -0.1) is 0 Å². The molecule has 0 bridgehead atoms. The molecule has 6 aromatic rings. The molecule has 0 spiro atoms. The van der Waals surface area contributed by atoms with Crippen LogP contribution in [-0.2, 0) is 59.5 Å². The first kappa shape index (κ1) is 70.8. The predicted octanol–water partition coefficient (Wildman–Crippen LogP) is 10.1. The minimum atomic E-state index is -3.71. The van der Waals surface area contributed by atoms with Crippen LogP contribution in [-0.4, -0.2) is 75.7 Å². The molecule has 0 aromatic heterocycles. The maximum atomic E-state index is 13.0. The van der Waals surface area contributed by atoms with Crippen molar-refractivity contribution in [1.82, 2.24) is 16.0 Å². The molecule has 3 aliphatic rings. The summed E-state index contributed by atoms with van der Waals surface area (Å²) in [6.45, 7) is 19.7. The van der Waals surface area contributed by atoms with Gasteiger partial charge in [0.25, 0.3) is 0 Å². The number of likely N-dealkylation sites (N-methyl/N-ethyl adjacent to an activating group) is 1. The molecule has 0 radical (unpaired) electrons. The Hall–Kier alpha value is -5.97. The predicted molar refractivity (Wildman–Crippen MR) is 335 cm³/mol. The zero-order valence-electron chi connectivity index (χ0n) is 49.9. The van der Waals surface area contributed by atoms with E-state index in [1.807, 2.05) is 78.9 Å². The van der Waals surface area contributed by atoms with Crippen molar-refractivity contribution in [2.75, 3.05) is 26.7 Å². The fourth-order valence-corrected chi connectivity index (χ4v) is 14.0. The number of benzene rings is 6. The number of nitrogens with one attached hydrogen (secondary N) is 3. The summed E-state index contributed by atoms with van der Waals surface area (Å²) in [5, 5.41) is 27.0. The summed E-state index contributed by atoms with van der Waals surface area (Å²) in [5.74, 6) is 0.959. The van der Waals surface area contributed by atoms with Crippen molar-refractivity contribution in [2.24, 2.45) is 0 Å². The van der Waals surface area contributed by atoms with E-state index in [1.54, 1.807) is 60.7 Å². The van der Waals surface area contributed by atoms with Crippen LogP contribution in [0.1, 0.15) is 142 Å². The number of rotatable bonds is 11. The molecule has 2 amide bonds. The largest absolute Gasteiger partial charge is 1.00 e. The van der Waals surface area contributed by atoms with Crippen LogP contribution in [0, 0.1) is 32.8 Å². The number of nitriles is 2. The minimum absolute atomic E-state index is 0. The number of hydrogen-bond donors (Lipinski definition) is 3. The van der Waals surface area contributed by atoms with Gasteiger partial charge in [0.15, 0.2) is 5.69 Å². The van der Waals surface area contributed by atoms with Crippen LogP contribution in [0.15, 0.2) is 152 Å². The maximum absolute atomic E-state index is 13.0. The van der Waals surface area contributed by atoms with Gasteiger partial charge in [-0.2, -0.15) is 10.5 Å². The van der Waals surface area contributed by atoms with Crippen LogP contribution in [0.4, 0.5) is 15.3 Å². The number of alkyl carbamates (subject to hydrolysis) is 2. The van der Waals surface area contributed by atoms with Gasteiger partial charge in [0.1, 0.15) is 11.2 Å². The zero-order chi connectivity index (χ0) is 62.1. The molecule has 448 valence electrons. The summed E-state index contributed by atoms with van der Waals surface area (Å²) in [6, 6.07) is 39.3. The Labute approximate surface area is 545 Å². The van der Waals surface area contributed by atoms with E-state index in [2.05, 4.69) is 61.6 Å². The number of fused-ring (bicyclic) bond motifs is 3. The Kier molecular flexibility index (Phi) is 26.6. The third-order valence-corrected chi connectivity index (χ3v) is 19.0. The number of ether oxygens (including phenoxy) is 2. The molecule has 9 rings (SSSR count). The number of amides is 2. The van der Waals surface area contributed by atoms with Gasteiger partial charge in [0, 0.05) is 39.9 Å². The molecule has 0 saturated carbocycles. The van der Waals surface area contributed by atoms with Crippen molar-refractivity contribution in [3.63, 3.8) is 0 Å². The van der Waals surface area contributed by atoms with E-state index in [4.69, 9.17) is 26.6 Å². The van der Waals surface area contributed by atoms with E-state index in [1.165, 1.54) is 57.0 Å². The molecule has 4 atom stereocenters. The molecule has 0 fully saturated rings. The Balaban J connectivity index is 0.000000218. The van der Waals surface area contributed by atoms with Gasteiger partial charge >= 0.3 is 41.7 Å². The van der Waals surface area contributed by atoms with E-state index < -0.39 is 48.1 Å². The van der Waals surface area contributed by atoms with Crippen molar-refractivity contribution in [2.45, 2.75) is 153 Å². The van der Waals surface area contributed by atoms with Gasteiger partial charge in [-0.05, 0) is 264 Å². The molecule has 16 nitrogen and oxygen atoms in total. The molecule has 6 aromatic carbocycles. The van der Waals surface area contributed by atoms with Crippen molar-refractivity contribution in [1.29, 1.82) is 10.5 Å². The van der Waals surface area contributed by atoms with Crippen LogP contribution < -0.4 is 45.5 Å². The smallest absolute Gasteiger partial charge is 0.768 e. The summed E-state index contributed by atoms with van der Waals surface area (Å²) in [4.78, 5) is 27.8. The number of carbonyl (C=O) groups is 2. The molecular weight excluding hydrogens is 1270 g/mol. The van der Waals surface area contributed by atoms with Crippen molar-refractivity contribution in [3.8, 4) is 12.1 Å². The molecule has 3 N–H and O–H groups in total. The summed E-state index contributed by atoms with van der Waals surface area (Å²) < 4.78 is 84.4. The average molecular weight is 1340 g/mol. The number of halogens is 1. The number of sulfone groups is 2. The monoisotopic (exact) mass is 1340 g/mol. The zero-order valence-corrected chi connectivity index (χ0v) is 56.5. The van der Waals surface area contributed by atoms with Gasteiger partial charge in [-0.25, -0.2) is 31.3 Å². The fraction of sp³-hybridized carbons (Fsp3) is 0.369. The van der Waals surface area contributed by atoms with E-state index >= 15 is 0 Å². The molecule has 21 heteroatoms. The van der Waals surface area contributed by atoms with Gasteiger partial charge in [-0.1, -0.05) is 42.5 Å². The molecule has 1 unspecified atom stereocenters. The van der Waals surface area contributed by atoms with Crippen LogP contribution in [0.5, 0.6) is 0 Å². The Morgan fingerprint density at radius 1 is 0.616 bits per heavy atom. The summed E-state index contributed by atoms with van der Waals surface area (Å²) >= 11 is 0.116. The number of nitrogens with zero attached hydrogens (tertiary/aromatic N) is 3. The van der Waals surface area contributed by atoms with Crippen molar-refractivity contribution < 1.29 is 74.2 Å². The van der Waals surface area contributed by atoms with Crippen molar-refractivity contribution >= 4 is 71.2 Å². The normalized spacial score (nSPS) is 16.2. The Morgan fingerprint density at radius 3 is 1.41 bits per heavy atom. The van der Waals surface area contributed by atoms with E-state index in [9.17, 15) is 35.2 Å². The summed E-state index contributed by atoms with van der Waals surface area (Å²) in [5.41, 5.74) is 7.23.